The zero-order chi connectivity index (χ0) is 17.7. The average Bonchev–Trinajstić information content (AvgIpc) is 3.43. The van der Waals surface area contributed by atoms with Crippen LogP contribution in [0.5, 0.6) is 0 Å². The number of rotatable bonds is 10. The third kappa shape index (κ3) is 4.78. The van der Waals surface area contributed by atoms with Gasteiger partial charge in [0.15, 0.2) is 6.29 Å². The number of ether oxygens (including phenoxy) is 1. The van der Waals surface area contributed by atoms with E-state index in [1.165, 1.54) is 12.8 Å². The van der Waals surface area contributed by atoms with Gasteiger partial charge in [-0.2, -0.15) is 0 Å². The summed E-state index contributed by atoms with van der Waals surface area (Å²) in [4.78, 5) is 11.0. The lowest BCUT2D eigenvalue weighted by Crippen LogP contribution is -2.31. The first-order valence-corrected chi connectivity index (χ1v) is 9.63. The Balaban J connectivity index is 2.02. The van der Waals surface area contributed by atoms with E-state index < -0.39 is 0 Å². The van der Waals surface area contributed by atoms with Gasteiger partial charge in [0.1, 0.15) is 5.83 Å². The predicted octanol–water partition coefficient (Wildman–Crippen LogP) is 5.78. The first-order valence-electron chi connectivity index (χ1n) is 9.63. The van der Waals surface area contributed by atoms with E-state index in [0.29, 0.717) is 18.8 Å². The van der Waals surface area contributed by atoms with Crippen LogP contribution >= 0.6 is 0 Å². The van der Waals surface area contributed by atoms with Crippen molar-refractivity contribution in [1.82, 2.24) is 0 Å². The first-order chi connectivity index (χ1) is 11.5. The minimum atomic E-state index is -0.322. The fourth-order valence-corrected chi connectivity index (χ4v) is 3.68. The fraction of sp³-hybridized carbons (Fsp3) is 0.762. The summed E-state index contributed by atoms with van der Waals surface area (Å²) in [6.45, 7) is 9.67. The van der Waals surface area contributed by atoms with Crippen LogP contribution in [-0.4, -0.2) is 19.0 Å². The van der Waals surface area contributed by atoms with E-state index in [2.05, 4.69) is 27.7 Å². The molecule has 24 heavy (non-hydrogen) atoms. The molecule has 0 N–H and O–H groups in total. The topological polar surface area (TPSA) is 26.3 Å². The normalized spacial score (nSPS) is 24.1. The Morgan fingerprint density at radius 1 is 1.33 bits per heavy atom. The van der Waals surface area contributed by atoms with E-state index in [1.807, 2.05) is 0 Å². The van der Waals surface area contributed by atoms with Gasteiger partial charge in [-0.3, -0.25) is 4.79 Å². The van der Waals surface area contributed by atoms with Gasteiger partial charge < -0.3 is 4.74 Å². The summed E-state index contributed by atoms with van der Waals surface area (Å²) < 4.78 is 20.3. The molecule has 0 spiro atoms. The van der Waals surface area contributed by atoms with Crippen LogP contribution in [0.15, 0.2) is 23.0 Å². The van der Waals surface area contributed by atoms with Crippen LogP contribution in [0, 0.1) is 17.3 Å². The van der Waals surface area contributed by atoms with Gasteiger partial charge in [-0.1, -0.05) is 40.5 Å². The van der Waals surface area contributed by atoms with E-state index in [9.17, 15) is 9.18 Å². The molecule has 1 fully saturated rings. The fourth-order valence-electron chi connectivity index (χ4n) is 3.68. The lowest BCUT2D eigenvalue weighted by molar-refractivity contribution is -0.104. The maximum absolute atomic E-state index is 14.1. The largest absolute Gasteiger partial charge is 0.373 e. The number of allylic oxidation sites excluding steroid dienone is 2. The molecule has 0 aliphatic heterocycles. The van der Waals surface area contributed by atoms with Crippen LogP contribution < -0.4 is 0 Å². The third-order valence-electron chi connectivity index (χ3n) is 5.97. The highest BCUT2D eigenvalue weighted by atomic mass is 19.1. The van der Waals surface area contributed by atoms with Crippen molar-refractivity contribution < 1.29 is 13.9 Å². The van der Waals surface area contributed by atoms with Gasteiger partial charge in [-0.15, -0.1) is 0 Å². The molecule has 2 rings (SSSR count). The lowest BCUT2D eigenvalue weighted by atomic mass is 9.77. The van der Waals surface area contributed by atoms with Gasteiger partial charge in [-0.05, 0) is 54.6 Å². The summed E-state index contributed by atoms with van der Waals surface area (Å²) >= 11 is 0. The van der Waals surface area contributed by atoms with Crippen molar-refractivity contribution in [3.05, 3.63) is 23.0 Å². The number of hydrogen-bond donors (Lipinski definition) is 0. The number of halogens is 1. The van der Waals surface area contributed by atoms with E-state index in [-0.39, 0.29) is 29.3 Å². The molecular formula is C21H33FO2. The molecule has 0 heterocycles. The van der Waals surface area contributed by atoms with Crippen molar-refractivity contribution in [2.45, 2.75) is 78.7 Å². The van der Waals surface area contributed by atoms with Crippen molar-refractivity contribution in [2.75, 3.05) is 6.61 Å². The average molecular weight is 336 g/mol. The van der Waals surface area contributed by atoms with Crippen LogP contribution in [0.4, 0.5) is 4.39 Å². The molecule has 0 aromatic heterocycles. The van der Waals surface area contributed by atoms with Crippen LogP contribution in [0.2, 0.25) is 0 Å². The third-order valence-corrected chi connectivity index (χ3v) is 5.97. The van der Waals surface area contributed by atoms with Gasteiger partial charge >= 0.3 is 0 Å². The number of carbonyl (C=O) groups is 1. The summed E-state index contributed by atoms with van der Waals surface area (Å²) in [5, 5.41) is 0. The molecule has 2 unspecified atom stereocenters. The molecule has 136 valence electrons. The van der Waals surface area contributed by atoms with Crippen LogP contribution in [0.1, 0.15) is 72.6 Å². The molecule has 2 aliphatic carbocycles. The van der Waals surface area contributed by atoms with Crippen molar-refractivity contribution in [1.29, 1.82) is 0 Å². The molecule has 2 nitrogen and oxygen atoms in total. The van der Waals surface area contributed by atoms with Crippen LogP contribution in [0.3, 0.4) is 0 Å². The molecule has 0 radical (unpaired) electrons. The van der Waals surface area contributed by atoms with Gasteiger partial charge in [0.25, 0.3) is 0 Å². The molecule has 2 aliphatic rings. The second kappa shape index (κ2) is 8.42. The van der Waals surface area contributed by atoms with E-state index >= 15 is 0 Å². The Morgan fingerprint density at radius 3 is 2.50 bits per heavy atom. The molecule has 3 heteroatoms. The summed E-state index contributed by atoms with van der Waals surface area (Å²) in [5.41, 5.74) is 1.49. The highest BCUT2D eigenvalue weighted by molar-refractivity contribution is 5.79. The molecule has 0 saturated heterocycles. The van der Waals surface area contributed by atoms with Crippen molar-refractivity contribution in [2.24, 2.45) is 17.3 Å². The molecule has 0 aromatic carbocycles. The van der Waals surface area contributed by atoms with E-state index in [4.69, 9.17) is 4.74 Å². The second-order valence-electron chi connectivity index (χ2n) is 7.95. The van der Waals surface area contributed by atoms with Gasteiger partial charge in [0.05, 0.1) is 12.7 Å². The minimum Gasteiger partial charge on any atom is -0.373 e. The Hall–Kier alpha value is -0.960. The number of carbonyl (C=O) groups excluding carboxylic acids is 1. The van der Waals surface area contributed by atoms with Gasteiger partial charge in [0, 0.05) is 12.0 Å². The Labute approximate surface area is 146 Å². The molecule has 0 amide bonds. The Bertz CT molecular complexity index is 500. The summed E-state index contributed by atoms with van der Waals surface area (Å²) in [6, 6.07) is 0. The molecule has 1 saturated carbocycles. The monoisotopic (exact) mass is 336 g/mol. The standard InChI is InChI=1S/C21H33FO2/c1-5-15(6-2)12-21(4,7-3)14-24-20-11-19(22)17(13-23)10-18(20)16-8-9-16/h10,13,15-16,20H,5-9,11-12,14H2,1-4H3. The van der Waals surface area contributed by atoms with Crippen molar-refractivity contribution in [3.63, 3.8) is 0 Å². The smallest absolute Gasteiger partial charge is 0.152 e. The second-order valence-corrected chi connectivity index (χ2v) is 7.95. The zero-order valence-corrected chi connectivity index (χ0v) is 15.7. The maximum atomic E-state index is 14.1. The summed E-state index contributed by atoms with van der Waals surface area (Å²) in [6.07, 6.45) is 9.31. The molecule has 2 atom stereocenters. The lowest BCUT2D eigenvalue weighted by Gasteiger charge is -2.34. The van der Waals surface area contributed by atoms with E-state index in [1.54, 1.807) is 6.08 Å². The van der Waals surface area contributed by atoms with Gasteiger partial charge in [-0.25, -0.2) is 4.39 Å². The Morgan fingerprint density at radius 2 is 2.00 bits per heavy atom. The highest BCUT2D eigenvalue weighted by Crippen LogP contribution is 2.44. The number of hydrogen-bond acceptors (Lipinski definition) is 2. The number of aldehydes is 1. The van der Waals surface area contributed by atoms with Gasteiger partial charge in [0.2, 0.25) is 0 Å². The van der Waals surface area contributed by atoms with Crippen molar-refractivity contribution >= 4 is 6.29 Å². The SMILES string of the molecule is CCC(CC)CC(C)(CC)COC1CC(F)=C(C=O)C=C1C1CC1. The Kier molecular flexibility index (Phi) is 6.79. The summed E-state index contributed by atoms with van der Waals surface area (Å²) in [5.74, 6) is 0.893. The van der Waals surface area contributed by atoms with Crippen LogP contribution in [0.25, 0.3) is 0 Å². The van der Waals surface area contributed by atoms with E-state index in [0.717, 1.165) is 37.2 Å². The first kappa shape index (κ1) is 19.4. The molecular weight excluding hydrogens is 303 g/mol. The predicted molar refractivity (Wildman–Crippen MR) is 96.4 cm³/mol. The van der Waals surface area contributed by atoms with Crippen LogP contribution in [-0.2, 0) is 9.53 Å². The molecule has 0 aromatic rings. The minimum absolute atomic E-state index is 0.135. The van der Waals surface area contributed by atoms with Crippen molar-refractivity contribution in [3.8, 4) is 0 Å². The summed E-state index contributed by atoms with van der Waals surface area (Å²) in [7, 11) is 0. The highest BCUT2D eigenvalue weighted by Gasteiger charge is 2.36. The zero-order valence-electron chi connectivity index (χ0n) is 15.7. The maximum Gasteiger partial charge on any atom is 0.152 e. The molecule has 0 bridgehead atoms. The quantitative estimate of drug-likeness (QED) is 0.473.